The van der Waals surface area contributed by atoms with Crippen LogP contribution >= 0.6 is 22.9 Å². The van der Waals surface area contributed by atoms with Crippen molar-refractivity contribution in [2.75, 3.05) is 5.32 Å². The van der Waals surface area contributed by atoms with Crippen LogP contribution in [0.2, 0.25) is 4.34 Å². The zero-order valence-corrected chi connectivity index (χ0v) is 11.8. The number of hydrogen-bond donors (Lipinski definition) is 1. The van der Waals surface area contributed by atoms with Gasteiger partial charge in [-0.2, -0.15) is 5.26 Å². The van der Waals surface area contributed by atoms with Gasteiger partial charge in [0, 0.05) is 10.6 Å². The maximum Gasteiger partial charge on any atom is 0.144 e. The minimum absolute atomic E-state index is 0.628. The van der Waals surface area contributed by atoms with Gasteiger partial charge >= 0.3 is 0 Å². The molecule has 0 spiro atoms. The van der Waals surface area contributed by atoms with E-state index < -0.39 is 0 Å². The predicted octanol–water partition coefficient (Wildman–Crippen LogP) is 3.77. The fourth-order valence-electron chi connectivity index (χ4n) is 2.31. The van der Waals surface area contributed by atoms with Crippen LogP contribution in [0.3, 0.4) is 0 Å². The van der Waals surface area contributed by atoms with E-state index >= 15 is 0 Å². The van der Waals surface area contributed by atoms with Crippen LogP contribution in [-0.2, 0) is 19.4 Å². The largest absolute Gasteiger partial charge is 0.364 e. The molecular weight excluding hydrogens is 278 g/mol. The second-order valence-corrected chi connectivity index (χ2v) is 6.31. The molecule has 2 aromatic heterocycles. The van der Waals surface area contributed by atoms with Crippen molar-refractivity contribution in [1.29, 1.82) is 5.26 Å². The van der Waals surface area contributed by atoms with Gasteiger partial charge in [0.05, 0.1) is 16.4 Å². The number of thiophene rings is 1. The average molecular weight is 290 g/mol. The Morgan fingerprint density at radius 1 is 1.42 bits per heavy atom. The quantitative estimate of drug-likeness (QED) is 0.936. The number of fused-ring (bicyclic) bond motifs is 1. The summed E-state index contributed by atoms with van der Waals surface area (Å²) in [6.07, 6.45) is 3.19. The Kier molecular flexibility index (Phi) is 3.41. The summed E-state index contributed by atoms with van der Waals surface area (Å²) in [5.41, 5.74) is 2.98. The summed E-state index contributed by atoms with van der Waals surface area (Å²) < 4.78 is 0.777. The van der Waals surface area contributed by atoms with Crippen LogP contribution in [0.4, 0.5) is 5.82 Å². The van der Waals surface area contributed by atoms with Crippen molar-refractivity contribution in [1.82, 2.24) is 4.98 Å². The lowest BCUT2D eigenvalue weighted by atomic mass is 10.1. The average Bonchev–Trinajstić information content (AvgIpc) is 3.03. The van der Waals surface area contributed by atoms with Crippen molar-refractivity contribution in [3.8, 4) is 6.07 Å². The van der Waals surface area contributed by atoms with Gasteiger partial charge in [-0.05, 0) is 43.0 Å². The topological polar surface area (TPSA) is 48.7 Å². The Hall–Kier alpha value is -1.57. The summed E-state index contributed by atoms with van der Waals surface area (Å²) in [7, 11) is 0. The minimum Gasteiger partial charge on any atom is -0.364 e. The molecule has 0 atom stereocenters. The SMILES string of the molecule is N#Cc1cc2c(nc1NCc1ccc(Cl)s1)CCC2. The van der Waals surface area contributed by atoms with E-state index in [0.717, 1.165) is 34.2 Å². The molecule has 0 bridgehead atoms. The van der Waals surface area contributed by atoms with Crippen molar-refractivity contribution >= 4 is 28.8 Å². The van der Waals surface area contributed by atoms with E-state index in [1.165, 1.54) is 16.9 Å². The van der Waals surface area contributed by atoms with Gasteiger partial charge in [0.1, 0.15) is 11.9 Å². The molecular formula is C14H12ClN3S. The number of nitrogens with one attached hydrogen (secondary N) is 1. The lowest BCUT2D eigenvalue weighted by Crippen LogP contribution is -2.04. The minimum atomic E-state index is 0.628. The molecule has 0 unspecified atom stereocenters. The molecule has 5 heteroatoms. The zero-order chi connectivity index (χ0) is 13.2. The second kappa shape index (κ2) is 5.20. The summed E-state index contributed by atoms with van der Waals surface area (Å²) in [6.45, 7) is 0.651. The van der Waals surface area contributed by atoms with Crippen LogP contribution in [0.15, 0.2) is 18.2 Å². The Labute approximate surface area is 120 Å². The Bertz CT molecular complexity index is 657. The predicted molar refractivity (Wildman–Crippen MR) is 77.6 cm³/mol. The number of nitriles is 1. The third-order valence-corrected chi connectivity index (χ3v) is 4.46. The first-order chi connectivity index (χ1) is 9.26. The highest BCUT2D eigenvalue weighted by Crippen LogP contribution is 2.26. The third-order valence-electron chi connectivity index (χ3n) is 3.23. The second-order valence-electron chi connectivity index (χ2n) is 4.52. The first kappa shape index (κ1) is 12.5. The molecule has 1 aliphatic rings. The van der Waals surface area contributed by atoms with Gasteiger partial charge in [-0.25, -0.2) is 4.98 Å². The molecule has 0 fully saturated rings. The van der Waals surface area contributed by atoms with Crippen LogP contribution in [0, 0.1) is 11.3 Å². The molecule has 0 aliphatic heterocycles. The summed E-state index contributed by atoms with van der Waals surface area (Å²) in [4.78, 5) is 5.72. The fourth-order valence-corrected chi connectivity index (χ4v) is 3.34. The number of aryl methyl sites for hydroxylation is 2. The molecule has 3 rings (SSSR count). The monoisotopic (exact) mass is 289 g/mol. The standard InChI is InChI=1S/C14H12ClN3S/c15-13-5-4-11(19-13)8-17-14-10(7-16)6-9-2-1-3-12(9)18-14/h4-6H,1-3,8H2,(H,17,18). The van der Waals surface area contributed by atoms with Gasteiger partial charge in [0.15, 0.2) is 0 Å². The van der Waals surface area contributed by atoms with Gasteiger partial charge in [-0.3, -0.25) is 0 Å². The normalized spacial score (nSPS) is 13.1. The Morgan fingerprint density at radius 3 is 3.05 bits per heavy atom. The van der Waals surface area contributed by atoms with Crippen LogP contribution < -0.4 is 5.32 Å². The van der Waals surface area contributed by atoms with Crippen molar-refractivity contribution < 1.29 is 0 Å². The van der Waals surface area contributed by atoms with E-state index in [9.17, 15) is 5.26 Å². The number of hydrogen-bond acceptors (Lipinski definition) is 4. The molecule has 1 N–H and O–H groups in total. The molecule has 0 saturated heterocycles. The van der Waals surface area contributed by atoms with Gasteiger partial charge in [0.25, 0.3) is 0 Å². The van der Waals surface area contributed by atoms with Crippen LogP contribution in [0.25, 0.3) is 0 Å². The Balaban J connectivity index is 1.82. The summed E-state index contributed by atoms with van der Waals surface area (Å²) in [5, 5.41) is 12.4. The summed E-state index contributed by atoms with van der Waals surface area (Å²) in [6, 6.07) is 8.06. The smallest absolute Gasteiger partial charge is 0.144 e. The molecule has 2 heterocycles. The number of rotatable bonds is 3. The summed E-state index contributed by atoms with van der Waals surface area (Å²) in [5.74, 6) is 0.688. The molecule has 19 heavy (non-hydrogen) atoms. The zero-order valence-electron chi connectivity index (χ0n) is 10.2. The molecule has 3 nitrogen and oxygen atoms in total. The van der Waals surface area contributed by atoms with Gasteiger partial charge in [-0.1, -0.05) is 11.6 Å². The van der Waals surface area contributed by atoms with Gasteiger partial charge < -0.3 is 5.32 Å². The highest BCUT2D eigenvalue weighted by atomic mass is 35.5. The first-order valence-electron chi connectivity index (χ1n) is 6.17. The van der Waals surface area contributed by atoms with Crippen LogP contribution in [0.1, 0.15) is 28.1 Å². The molecule has 0 saturated carbocycles. The number of aromatic nitrogens is 1. The highest BCUT2D eigenvalue weighted by Gasteiger charge is 2.16. The maximum atomic E-state index is 9.20. The van der Waals surface area contributed by atoms with Crippen molar-refractivity contribution in [3.05, 3.63) is 44.2 Å². The van der Waals surface area contributed by atoms with Crippen molar-refractivity contribution in [2.24, 2.45) is 0 Å². The summed E-state index contributed by atoms with van der Waals surface area (Å²) >= 11 is 7.44. The molecule has 96 valence electrons. The van der Waals surface area contributed by atoms with E-state index in [1.807, 2.05) is 18.2 Å². The lowest BCUT2D eigenvalue weighted by Gasteiger charge is -2.08. The van der Waals surface area contributed by atoms with Gasteiger partial charge in [-0.15, -0.1) is 11.3 Å². The first-order valence-corrected chi connectivity index (χ1v) is 7.36. The number of nitrogens with zero attached hydrogens (tertiary/aromatic N) is 2. The van der Waals surface area contributed by atoms with E-state index in [0.29, 0.717) is 17.9 Å². The van der Waals surface area contributed by atoms with E-state index in [-0.39, 0.29) is 0 Å². The fraction of sp³-hybridized carbons (Fsp3) is 0.286. The molecule has 2 aromatic rings. The van der Waals surface area contributed by atoms with Gasteiger partial charge in [0.2, 0.25) is 0 Å². The maximum absolute atomic E-state index is 9.20. The third kappa shape index (κ3) is 2.58. The molecule has 0 amide bonds. The number of pyridine rings is 1. The lowest BCUT2D eigenvalue weighted by molar-refractivity contribution is 0.899. The molecule has 0 radical (unpaired) electrons. The number of anilines is 1. The molecule has 1 aliphatic carbocycles. The van der Waals surface area contributed by atoms with E-state index in [4.69, 9.17) is 11.6 Å². The molecule has 0 aromatic carbocycles. The Morgan fingerprint density at radius 2 is 2.32 bits per heavy atom. The van der Waals surface area contributed by atoms with Crippen LogP contribution in [0.5, 0.6) is 0 Å². The van der Waals surface area contributed by atoms with Crippen molar-refractivity contribution in [3.63, 3.8) is 0 Å². The highest BCUT2D eigenvalue weighted by molar-refractivity contribution is 7.16. The van der Waals surface area contributed by atoms with E-state index in [1.54, 1.807) is 0 Å². The van der Waals surface area contributed by atoms with Crippen molar-refractivity contribution in [2.45, 2.75) is 25.8 Å². The number of halogens is 1. The van der Waals surface area contributed by atoms with E-state index in [2.05, 4.69) is 16.4 Å². The van der Waals surface area contributed by atoms with Crippen LogP contribution in [-0.4, -0.2) is 4.98 Å².